The van der Waals surface area contributed by atoms with Gasteiger partial charge in [-0.15, -0.1) is 0 Å². The normalized spacial score (nSPS) is 20.0. The Labute approximate surface area is 124 Å². The first kappa shape index (κ1) is 15.5. The van der Waals surface area contributed by atoms with Crippen molar-refractivity contribution in [2.75, 3.05) is 43.1 Å². The van der Waals surface area contributed by atoms with Gasteiger partial charge < -0.3 is 10.6 Å². The summed E-state index contributed by atoms with van der Waals surface area (Å²) in [6.45, 7) is 8.02. The van der Waals surface area contributed by atoms with Gasteiger partial charge in [0.2, 0.25) is 0 Å². The number of sulfone groups is 1. The van der Waals surface area contributed by atoms with Crippen molar-refractivity contribution in [3.8, 4) is 0 Å². The average Bonchev–Trinajstić information content (AvgIpc) is 2.96. The molecule has 2 heterocycles. The first-order valence-electron chi connectivity index (χ1n) is 6.82. The largest absolute Gasteiger partial charge is 0.382 e. The van der Waals surface area contributed by atoms with Gasteiger partial charge in [0.15, 0.2) is 15.7 Å². The number of hydrogen-bond acceptors (Lipinski definition) is 7. The first-order valence-corrected chi connectivity index (χ1v) is 9.49. The van der Waals surface area contributed by atoms with Crippen molar-refractivity contribution in [3.05, 3.63) is 0 Å². The van der Waals surface area contributed by atoms with Crippen LogP contribution in [0, 0.1) is 0 Å². The number of rotatable bonds is 5. The second-order valence-corrected chi connectivity index (χ2v) is 7.79. The van der Waals surface area contributed by atoms with Gasteiger partial charge in [-0.1, -0.05) is 13.8 Å². The number of nitrogen functional groups attached to an aromatic ring is 1. The minimum atomic E-state index is -3.34. The minimum Gasteiger partial charge on any atom is -0.382 e. The molecule has 0 aliphatic carbocycles. The molecular weight excluding hydrogens is 296 g/mol. The molecular formula is C12H22N4O2S2. The maximum absolute atomic E-state index is 11.9. The lowest BCUT2D eigenvalue weighted by molar-refractivity contribution is 0.232. The Bertz CT molecular complexity index is 566. The molecule has 2 rings (SSSR count). The number of nitrogens with two attached hydrogens (primary N) is 1. The molecule has 0 amide bonds. The van der Waals surface area contributed by atoms with E-state index in [0.29, 0.717) is 11.0 Å². The van der Waals surface area contributed by atoms with Crippen LogP contribution in [0.2, 0.25) is 0 Å². The highest BCUT2D eigenvalue weighted by atomic mass is 32.2. The molecule has 1 unspecified atom stereocenters. The van der Waals surface area contributed by atoms with Crippen LogP contribution in [0.25, 0.3) is 0 Å². The van der Waals surface area contributed by atoms with Gasteiger partial charge in [-0.05, 0) is 31.0 Å². The Morgan fingerprint density at radius 2 is 2.10 bits per heavy atom. The van der Waals surface area contributed by atoms with Crippen LogP contribution in [0.15, 0.2) is 4.90 Å². The fourth-order valence-electron chi connectivity index (χ4n) is 2.80. The number of aromatic nitrogens is 1. The standard InChI is InChI=1S/C12H22N4O2S2/c1-4-15(5-2)9-6-7-16(8-9)12-10(20(3,17)18)11(13)14-19-12/h9H,4-8H2,1-3H3,(H2,13,14). The molecule has 1 aliphatic heterocycles. The third-order valence-electron chi connectivity index (χ3n) is 3.81. The van der Waals surface area contributed by atoms with Crippen LogP contribution >= 0.6 is 11.5 Å². The van der Waals surface area contributed by atoms with Crippen molar-refractivity contribution in [3.63, 3.8) is 0 Å². The lowest BCUT2D eigenvalue weighted by Gasteiger charge is -2.26. The van der Waals surface area contributed by atoms with Gasteiger partial charge in [0.05, 0.1) is 0 Å². The predicted octanol–water partition coefficient (Wildman–Crippen LogP) is 1.05. The second kappa shape index (κ2) is 5.87. The van der Waals surface area contributed by atoms with E-state index < -0.39 is 9.84 Å². The van der Waals surface area contributed by atoms with Crippen LogP contribution in [0.1, 0.15) is 20.3 Å². The molecule has 0 spiro atoms. The van der Waals surface area contributed by atoms with Gasteiger partial charge >= 0.3 is 0 Å². The van der Waals surface area contributed by atoms with E-state index >= 15 is 0 Å². The average molecular weight is 318 g/mol. The Kier molecular flexibility index (Phi) is 4.55. The molecule has 1 aromatic heterocycles. The SMILES string of the molecule is CCN(CC)C1CCN(c2snc(N)c2S(C)(=O)=O)C1. The summed E-state index contributed by atoms with van der Waals surface area (Å²) in [6, 6.07) is 0.473. The zero-order valence-corrected chi connectivity index (χ0v) is 13.8. The van der Waals surface area contributed by atoms with E-state index in [2.05, 4.69) is 28.0 Å². The molecule has 0 saturated carbocycles. The summed E-state index contributed by atoms with van der Waals surface area (Å²) < 4.78 is 27.8. The van der Waals surface area contributed by atoms with E-state index in [1.165, 1.54) is 17.8 Å². The molecule has 1 aliphatic rings. The molecule has 1 atom stereocenters. The van der Waals surface area contributed by atoms with E-state index in [0.717, 1.165) is 32.6 Å². The van der Waals surface area contributed by atoms with Gasteiger partial charge in [0.1, 0.15) is 9.90 Å². The van der Waals surface area contributed by atoms with E-state index in [1.54, 1.807) is 0 Å². The summed E-state index contributed by atoms with van der Waals surface area (Å²) in [7, 11) is -3.34. The van der Waals surface area contributed by atoms with Crippen LogP contribution < -0.4 is 10.6 Å². The van der Waals surface area contributed by atoms with Crippen molar-refractivity contribution in [1.29, 1.82) is 0 Å². The second-order valence-electron chi connectivity index (χ2n) is 5.08. The molecule has 0 aromatic carbocycles. The van der Waals surface area contributed by atoms with E-state index in [-0.39, 0.29) is 10.7 Å². The summed E-state index contributed by atoms with van der Waals surface area (Å²) in [5.74, 6) is 0.124. The summed E-state index contributed by atoms with van der Waals surface area (Å²) in [5.41, 5.74) is 5.72. The lowest BCUT2D eigenvalue weighted by atomic mass is 10.2. The zero-order valence-electron chi connectivity index (χ0n) is 12.2. The third-order valence-corrected chi connectivity index (χ3v) is 6.00. The third kappa shape index (κ3) is 2.91. The quantitative estimate of drug-likeness (QED) is 0.874. The highest BCUT2D eigenvalue weighted by Crippen LogP contribution is 2.36. The minimum absolute atomic E-state index is 0.124. The van der Waals surface area contributed by atoms with Crippen LogP contribution in [-0.2, 0) is 9.84 Å². The van der Waals surface area contributed by atoms with Crippen molar-refractivity contribution in [1.82, 2.24) is 9.27 Å². The Morgan fingerprint density at radius 1 is 1.45 bits per heavy atom. The lowest BCUT2D eigenvalue weighted by Crippen LogP contribution is -2.37. The number of hydrogen-bond donors (Lipinski definition) is 1. The van der Waals surface area contributed by atoms with Crippen molar-refractivity contribution >= 4 is 32.2 Å². The van der Waals surface area contributed by atoms with Crippen LogP contribution in [0.5, 0.6) is 0 Å². The Morgan fingerprint density at radius 3 is 2.65 bits per heavy atom. The molecule has 6 nitrogen and oxygen atoms in total. The van der Waals surface area contributed by atoms with Gasteiger partial charge in [-0.25, -0.2) is 8.42 Å². The smallest absolute Gasteiger partial charge is 0.182 e. The Balaban J connectivity index is 2.23. The molecule has 2 N–H and O–H groups in total. The maximum Gasteiger partial charge on any atom is 0.182 e. The van der Waals surface area contributed by atoms with Crippen molar-refractivity contribution in [2.24, 2.45) is 0 Å². The highest BCUT2D eigenvalue weighted by molar-refractivity contribution is 7.91. The summed E-state index contributed by atoms with van der Waals surface area (Å²) >= 11 is 1.18. The maximum atomic E-state index is 11.9. The molecule has 1 saturated heterocycles. The van der Waals surface area contributed by atoms with Gasteiger partial charge in [0, 0.05) is 25.4 Å². The van der Waals surface area contributed by atoms with Crippen LogP contribution in [0.4, 0.5) is 10.8 Å². The molecule has 0 bridgehead atoms. The van der Waals surface area contributed by atoms with Gasteiger partial charge in [-0.3, -0.25) is 4.90 Å². The van der Waals surface area contributed by atoms with Gasteiger partial charge in [0.25, 0.3) is 0 Å². The number of anilines is 2. The zero-order chi connectivity index (χ0) is 14.9. The topological polar surface area (TPSA) is 79.5 Å². The van der Waals surface area contributed by atoms with E-state index in [1.807, 2.05) is 0 Å². The molecule has 20 heavy (non-hydrogen) atoms. The Hall–Kier alpha value is -0.860. The van der Waals surface area contributed by atoms with E-state index in [9.17, 15) is 8.42 Å². The number of likely N-dealkylation sites (N-methyl/N-ethyl adjacent to an activating group) is 1. The summed E-state index contributed by atoms with van der Waals surface area (Å²) in [6.07, 6.45) is 2.23. The van der Waals surface area contributed by atoms with Crippen LogP contribution in [-0.4, -0.2) is 56.2 Å². The summed E-state index contributed by atoms with van der Waals surface area (Å²) in [5, 5.41) is 0.694. The predicted molar refractivity (Wildman–Crippen MR) is 83.2 cm³/mol. The molecule has 8 heteroatoms. The van der Waals surface area contributed by atoms with Crippen molar-refractivity contribution in [2.45, 2.75) is 31.2 Å². The fourth-order valence-corrected chi connectivity index (χ4v) is 5.04. The number of nitrogens with zero attached hydrogens (tertiary/aromatic N) is 3. The van der Waals surface area contributed by atoms with E-state index in [4.69, 9.17) is 5.73 Å². The monoisotopic (exact) mass is 318 g/mol. The first-order chi connectivity index (χ1) is 9.38. The molecule has 1 fully saturated rings. The molecule has 114 valence electrons. The highest BCUT2D eigenvalue weighted by Gasteiger charge is 2.32. The molecule has 0 radical (unpaired) electrons. The van der Waals surface area contributed by atoms with Gasteiger partial charge in [-0.2, -0.15) is 4.37 Å². The van der Waals surface area contributed by atoms with Crippen molar-refractivity contribution < 1.29 is 8.42 Å². The summed E-state index contributed by atoms with van der Waals surface area (Å²) in [4.78, 5) is 4.71. The fraction of sp³-hybridized carbons (Fsp3) is 0.750. The molecule has 1 aromatic rings. The van der Waals surface area contributed by atoms with Crippen LogP contribution in [0.3, 0.4) is 0 Å².